The average molecular weight is 279 g/mol. The Labute approximate surface area is 116 Å². The molecule has 0 saturated carbocycles. The Hall–Kier alpha value is -1.51. The van der Waals surface area contributed by atoms with E-state index < -0.39 is 0 Å². The van der Waals surface area contributed by atoms with Gasteiger partial charge in [-0.2, -0.15) is 5.10 Å². The van der Waals surface area contributed by atoms with Gasteiger partial charge in [-0.25, -0.2) is 0 Å². The van der Waals surface area contributed by atoms with Crippen molar-refractivity contribution in [3.63, 3.8) is 0 Å². The molecule has 2 rings (SSSR count). The van der Waals surface area contributed by atoms with Crippen molar-refractivity contribution in [1.82, 2.24) is 0 Å². The first kappa shape index (κ1) is 12.9. The van der Waals surface area contributed by atoms with Crippen molar-refractivity contribution < 1.29 is 0 Å². The summed E-state index contributed by atoms with van der Waals surface area (Å²) < 4.78 is 0. The van der Waals surface area contributed by atoms with E-state index in [1.165, 1.54) is 0 Å². The normalized spacial score (nSPS) is 11.4. The molecule has 0 atom stereocenters. The highest BCUT2D eigenvalue weighted by atomic mass is 35.5. The molecule has 0 bridgehead atoms. The average Bonchev–Trinajstić information content (AvgIpc) is 2.38. The summed E-state index contributed by atoms with van der Waals surface area (Å²) in [5, 5.41) is 5.27. The summed E-state index contributed by atoms with van der Waals surface area (Å²) in [6.45, 7) is 1.96. The van der Waals surface area contributed by atoms with Crippen LogP contribution >= 0.6 is 23.2 Å². The fourth-order valence-electron chi connectivity index (χ4n) is 1.50. The highest BCUT2D eigenvalue weighted by Crippen LogP contribution is 2.19. The molecular formula is C14H12Cl2N2. The van der Waals surface area contributed by atoms with Crippen LogP contribution in [0.2, 0.25) is 5.02 Å². The number of anilines is 1. The number of benzene rings is 2. The minimum absolute atomic E-state index is 0.421. The first-order valence-corrected chi connectivity index (χ1v) is 6.23. The van der Waals surface area contributed by atoms with E-state index in [1.807, 2.05) is 55.5 Å². The van der Waals surface area contributed by atoms with Crippen LogP contribution in [0.1, 0.15) is 11.1 Å². The number of halogens is 2. The first-order chi connectivity index (χ1) is 8.66. The summed E-state index contributed by atoms with van der Waals surface area (Å²) in [5.74, 6) is 0. The van der Waals surface area contributed by atoms with E-state index in [4.69, 9.17) is 23.2 Å². The van der Waals surface area contributed by atoms with Crippen molar-refractivity contribution in [3.8, 4) is 0 Å². The summed E-state index contributed by atoms with van der Waals surface area (Å²) >= 11 is 12.0. The Morgan fingerprint density at radius 1 is 1.11 bits per heavy atom. The maximum absolute atomic E-state index is 6.10. The predicted octanol–water partition coefficient (Wildman–Crippen LogP) is 4.66. The molecule has 0 aromatic heterocycles. The van der Waals surface area contributed by atoms with E-state index in [1.54, 1.807) is 0 Å². The molecule has 0 aliphatic carbocycles. The molecule has 0 fully saturated rings. The topological polar surface area (TPSA) is 24.4 Å². The van der Waals surface area contributed by atoms with E-state index >= 15 is 0 Å². The van der Waals surface area contributed by atoms with Crippen LogP contribution in [0.15, 0.2) is 53.6 Å². The minimum atomic E-state index is 0.421. The SMILES string of the molecule is Cc1cc(Cl)ccc1N/N=C(\Cl)c1ccccc1. The molecule has 0 unspecified atom stereocenters. The molecule has 2 aromatic rings. The number of hydrogen-bond acceptors (Lipinski definition) is 2. The molecule has 0 radical (unpaired) electrons. The number of rotatable bonds is 3. The molecule has 18 heavy (non-hydrogen) atoms. The van der Waals surface area contributed by atoms with E-state index in [2.05, 4.69) is 10.5 Å². The van der Waals surface area contributed by atoms with E-state index in [-0.39, 0.29) is 0 Å². The lowest BCUT2D eigenvalue weighted by Gasteiger charge is -2.06. The van der Waals surface area contributed by atoms with Gasteiger partial charge in [0.05, 0.1) is 5.69 Å². The number of nitrogens with one attached hydrogen (secondary N) is 1. The Kier molecular flexibility index (Phi) is 4.24. The van der Waals surface area contributed by atoms with Gasteiger partial charge in [-0.05, 0) is 30.7 Å². The second-order valence-electron chi connectivity index (χ2n) is 3.84. The molecule has 0 amide bonds. The fourth-order valence-corrected chi connectivity index (χ4v) is 1.90. The molecule has 0 spiro atoms. The third-order valence-corrected chi connectivity index (χ3v) is 3.01. The van der Waals surface area contributed by atoms with Gasteiger partial charge in [0, 0.05) is 10.6 Å². The van der Waals surface area contributed by atoms with Crippen molar-refractivity contribution in [1.29, 1.82) is 0 Å². The standard InChI is InChI=1S/C14H12Cl2N2/c1-10-9-12(15)7-8-13(10)17-18-14(16)11-5-3-2-4-6-11/h2-9,17H,1H3/b18-14-. The van der Waals surface area contributed by atoms with Crippen molar-refractivity contribution >= 4 is 34.1 Å². The smallest absolute Gasteiger partial charge is 0.156 e. The van der Waals surface area contributed by atoms with Crippen LogP contribution in [0, 0.1) is 6.92 Å². The van der Waals surface area contributed by atoms with Crippen LogP contribution in [0.5, 0.6) is 0 Å². The molecule has 2 nitrogen and oxygen atoms in total. The van der Waals surface area contributed by atoms with Gasteiger partial charge >= 0.3 is 0 Å². The molecule has 0 aliphatic heterocycles. The van der Waals surface area contributed by atoms with Crippen LogP contribution in [0.3, 0.4) is 0 Å². The number of hydrogen-bond donors (Lipinski definition) is 1. The van der Waals surface area contributed by atoms with Crippen LogP contribution < -0.4 is 5.43 Å². The van der Waals surface area contributed by atoms with Crippen LogP contribution in [0.25, 0.3) is 0 Å². The van der Waals surface area contributed by atoms with Crippen molar-refractivity contribution in [2.75, 3.05) is 5.43 Å². The maximum Gasteiger partial charge on any atom is 0.156 e. The molecule has 0 saturated heterocycles. The quantitative estimate of drug-likeness (QED) is 0.641. The van der Waals surface area contributed by atoms with Gasteiger partial charge in [0.2, 0.25) is 0 Å². The summed E-state index contributed by atoms with van der Waals surface area (Å²) in [6.07, 6.45) is 0. The molecule has 0 heterocycles. The summed E-state index contributed by atoms with van der Waals surface area (Å²) in [4.78, 5) is 0. The Morgan fingerprint density at radius 3 is 2.50 bits per heavy atom. The lowest BCUT2D eigenvalue weighted by molar-refractivity contribution is 1.31. The van der Waals surface area contributed by atoms with E-state index in [9.17, 15) is 0 Å². The number of hydrazone groups is 1. The van der Waals surface area contributed by atoms with Crippen molar-refractivity contribution in [2.45, 2.75) is 6.92 Å². The highest BCUT2D eigenvalue weighted by Gasteiger charge is 2.00. The van der Waals surface area contributed by atoms with E-state index in [0.717, 1.165) is 16.8 Å². The summed E-state index contributed by atoms with van der Waals surface area (Å²) in [6, 6.07) is 15.1. The third kappa shape index (κ3) is 3.25. The molecule has 1 N–H and O–H groups in total. The van der Waals surface area contributed by atoms with E-state index in [0.29, 0.717) is 10.2 Å². The second kappa shape index (κ2) is 5.89. The molecule has 0 aliphatic rings. The van der Waals surface area contributed by atoms with Gasteiger partial charge in [0.1, 0.15) is 0 Å². The molecule has 4 heteroatoms. The zero-order chi connectivity index (χ0) is 13.0. The van der Waals surface area contributed by atoms with Crippen LogP contribution in [-0.4, -0.2) is 5.17 Å². The number of nitrogens with zero attached hydrogens (tertiary/aromatic N) is 1. The van der Waals surface area contributed by atoms with Gasteiger partial charge in [-0.3, -0.25) is 5.43 Å². The maximum atomic E-state index is 6.10. The highest BCUT2D eigenvalue weighted by molar-refractivity contribution is 6.69. The largest absolute Gasteiger partial charge is 0.277 e. The Balaban J connectivity index is 2.15. The second-order valence-corrected chi connectivity index (χ2v) is 4.63. The van der Waals surface area contributed by atoms with Gasteiger partial charge in [-0.15, -0.1) is 0 Å². The molecule has 2 aromatic carbocycles. The van der Waals surface area contributed by atoms with Crippen LogP contribution in [0.4, 0.5) is 5.69 Å². The molecule has 92 valence electrons. The molecular weight excluding hydrogens is 267 g/mol. The first-order valence-electron chi connectivity index (χ1n) is 5.47. The Bertz CT molecular complexity index is 565. The summed E-state index contributed by atoms with van der Waals surface area (Å²) in [5.41, 5.74) is 5.71. The lowest BCUT2D eigenvalue weighted by Crippen LogP contribution is -1.98. The Morgan fingerprint density at radius 2 is 1.83 bits per heavy atom. The van der Waals surface area contributed by atoms with Crippen molar-refractivity contribution in [2.24, 2.45) is 5.10 Å². The lowest BCUT2D eigenvalue weighted by atomic mass is 10.2. The van der Waals surface area contributed by atoms with Gasteiger partial charge in [-0.1, -0.05) is 53.5 Å². The van der Waals surface area contributed by atoms with Gasteiger partial charge in [0.25, 0.3) is 0 Å². The predicted molar refractivity (Wildman–Crippen MR) is 78.6 cm³/mol. The zero-order valence-electron chi connectivity index (χ0n) is 9.82. The fraction of sp³-hybridized carbons (Fsp3) is 0.0714. The zero-order valence-corrected chi connectivity index (χ0v) is 11.3. The third-order valence-electron chi connectivity index (χ3n) is 2.47. The minimum Gasteiger partial charge on any atom is -0.277 e. The van der Waals surface area contributed by atoms with Crippen LogP contribution in [-0.2, 0) is 0 Å². The number of aryl methyl sites for hydroxylation is 1. The monoisotopic (exact) mass is 278 g/mol. The van der Waals surface area contributed by atoms with Gasteiger partial charge < -0.3 is 0 Å². The van der Waals surface area contributed by atoms with Gasteiger partial charge in [0.15, 0.2) is 5.17 Å². The van der Waals surface area contributed by atoms with Crippen molar-refractivity contribution in [3.05, 3.63) is 64.7 Å². The summed E-state index contributed by atoms with van der Waals surface area (Å²) in [7, 11) is 0.